The Morgan fingerprint density at radius 2 is 1.68 bits per heavy atom. The minimum absolute atomic E-state index is 0.0751. The molecular formula is C18H18N2O2. The molecule has 2 amide bonds. The Kier molecular flexibility index (Phi) is 5.09. The molecule has 0 heterocycles. The van der Waals surface area contributed by atoms with Crippen LogP contribution in [0.3, 0.4) is 0 Å². The van der Waals surface area contributed by atoms with Crippen LogP contribution in [0, 0.1) is 0 Å². The van der Waals surface area contributed by atoms with Crippen LogP contribution < -0.4 is 10.6 Å². The molecule has 2 rings (SSSR count). The van der Waals surface area contributed by atoms with Crippen molar-refractivity contribution in [1.82, 2.24) is 5.32 Å². The van der Waals surface area contributed by atoms with E-state index in [0.29, 0.717) is 11.3 Å². The fraction of sp³-hybridized carbons (Fsp3) is 0.111. The Balaban J connectivity index is 2.01. The van der Waals surface area contributed by atoms with Crippen molar-refractivity contribution in [2.75, 3.05) is 5.32 Å². The number of carbonyl (C=O) groups excluding carboxylic acids is 2. The van der Waals surface area contributed by atoms with Crippen molar-refractivity contribution < 1.29 is 9.59 Å². The molecule has 112 valence electrons. The Morgan fingerprint density at radius 1 is 1.05 bits per heavy atom. The molecule has 0 aliphatic carbocycles. The van der Waals surface area contributed by atoms with E-state index in [4.69, 9.17) is 0 Å². The number of hydrogen-bond acceptors (Lipinski definition) is 2. The molecule has 0 aromatic heterocycles. The fourth-order valence-electron chi connectivity index (χ4n) is 2.00. The molecule has 2 aromatic rings. The van der Waals surface area contributed by atoms with E-state index in [0.717, 1.165) is 5.56 Å². The summed E-state index contributed by atoms with van der Waals surface area (Å²) in [4.78, 5) is 23.4. The molecule has 0 aliphatic rings. The highest BCUT2D eigenvalue weighted by Crippen LogP contribution is 2.14. The summed E-state index contributed by atoms with van der Waals surface area (Å²) < 4.78 is 0. The van der Waals surface area contributed by atoms with Gasteiger partial charge in [0.05, 0.1) is 6.04 Å². The van der Waals surface area contributed by atoms with Gasteiger partial charge in [-0.15, -0.1) is 0 Å². The standard InChI is InChI=1S/C18H18N2O2/c1-3-17(21)20-16-11-9-15(10-12-16)18(22)19-13(2)14-7-5-4-6-8-14/h3-13H,1H2,2H3,(H,19,22)(H,20,21)/t13-/m1/s1. The summed E-state index contributed by atoms with van der Waals surface area (Å²) in [7, 11) is 0. The molecule has 1 atom stereocenters. The number of anilines is 1. The van der Waals surface area contributed by atoms with Crippen LogP contribution in [0.15, 0.2) is 67.3 Å². The highest BCUT2D eigenvalue weighted by atomic mass is 16.2. The van der Waals surface area contributed by atoms with E-state index in [2.05, 4.69) is 17.2 Å². The smallest absolute Gasteiger partial charge is 0.251 e. The Morgan fingerprint density at radius 3 is 2.27 bits per heavy atom. The van der Waals surface area contributed by atoms with Gasteiger partial charge in [-0.25, -0.2) is 0 Å². The lowest BCUT2D eigenvalue weighted by atomic mass is 10.1. The maximum absolute atomic E-state index is 12.2. The highest BCUT2D eigenvalue weighted by Gasteiger charge is 2.11. The van der Waals surface area contributed by atoms with Crippen molar-refractivity contribution in [2.24, 2.45) is 0 Å². The quantitative estimate of drug-likeness (QED) is 0.831. The Bertz CT molecular complexity index is 663. The maximum atomic E-state index is 12.2. The third-order valence-electron chi connectivity index (χ3n) is 3.25. The van der Waals surface area contributed by atoms with E-state index in [1.165, 1.54) is 6.08 Å². The summed E-state index contributed by atoms with van der Waals surface area (Å²) in [5.41, 5.74) is 2.21. The number of nitrogens with one attached hydrogen (secondary N) is 2. The van der Waals surface area contributed by atoms with E-state index in [9.17, 15) is 9.59 Å². The topological polar surface area (TPSA) is 58.2 Å². The summed E-state index contributed by atoms with van der Waals surface area (Å²) in [6.45, 7) is 5.32. The van der Waals surface area contributed by atoms with Gasteiger partial charge in [0.15, 0.2) is 0 Å². The van der Waals surface area contributed by atoms with E-state index >= 15 is 0 Å². The summed E-state index contributed by atoms with van der Waals surface area (Å²) in [6, 6.07) is 16.4. The van der Waals surface area contributed by atoms with Crippen LogP contribution in [0.4, 0.5) is 5.69 Å². The van der Waals surface area contributed by atoms with Crippen LogP contribution in [-0.2, 0) is 4.79 Å². The van der Waals surface area contributed by atoms with Gasteiger partial charge >= 0.3 is 0 Å². The molecule has 0 radical (unpaired) electrons. The SMILES string of the molecule is C=CC(=O)Nc1ccc(C(=O)N[C@H](C)c2ccccc2)cc1. The van der Waals surface area contributed by atoms with Crippen molar-refractivity contribution in [1.29, 1.82) is 0 Å². The summed E-state index contributed by atoms with van der Waals surface area (Å²) in [6.07, 6.45) is 1.20. The van der Waals surface area contributed by atoms with Gasteiger partial charge in [-0.05, 0) is 42.8 Å². The first kappa shape index (κ1) is 15.5. The van der Waals surface area contributed by atoms with Crippen LogP contribution in [0.2, 0.25) is 0 Å². The first-order chi connectivity index (χ1) is 10.6. The van der Waals surface area contributed by atoms with Crippen LogP contribution in [0.25, 0.3) is 0 Å². The number of carbonyl (C=O) groups is 2. The Hall–Kier alpha value is -2.88. The molecule has 0 bridgehead atoms. The fourth-order valence-corrected chi connectivity index (χ4v) is 2.00. The van der Waals surface area contributed by atoms with E-state index in [1.54, 1.807) is 24.3 Å². The van der Waals surface area contributed by atoms with Crippen molar-refractivity contribution in [3.8, 4) is 0 Å². The highest BCUT2D eigenvalue weighted by molar-refractivity contribution is 5.99. The summed E-state index contributed by atoms with van der Waals surface area (Å²) in [5.74, 6) is -0.437. The minimum Gasteiger partial charge on any atom is -0.346 e. The summed E-state index contributed by atoms with van der Waals surface area (Å²) in [5, 5.41) is 5.58. The zero-order valence-electron chi connectivity index (χ0n) is 12.4. The summed E-state index contributed by atoms with van der Waals surface area (Å²) >= 11 is 0. The van der Waals surface area contributed by atoms with Crippen molar-refractivity contribution >= 4 is 17.5 Å². The lowest BCUT2D eigenvalue weighted by Gasteiger charge is -2.14. The third-order valence-corrected chi connectivity index (χ3v) is 3.25. The zero-order chi connectivity index (χ0) is 15.9. The molecule has 4 heteroatoms. The molecule has 2 N–H and O–H groups in total. The van der Waals surface area contributed by atoms with Crippen molar-refractivity contribution in [3.63, 3.8) is 0 Å². The number of benzene rings is 2. The van der Waals surface area contributed by atoms with Crippen molar-refractivity contribution in [2.45, 2.75) is 13.0 Å². The second-order valence-electron chi connectivity index (χ2n) is 4.88. The van der Waals surface area contributed by atoms with Crippen LogP contribution in [0.5, 0.6) is 0 Å². The molecule has 0 saturated heterocycles. The number of amides is 2. The minimum atomic E-state index is -0.282. The normalized spacial score (nSPS) is 11.3. The maximum Gasteiger partial charge on any atom is 0.251 e. The van der Waals surface area contributed by atoms with Gasteiger partial charge < -0.3 is 10.6 Å². The van der Waals surface area contributed by atoms with Crippen LogP contribution in [0.1, 0.15) is 28.9 Å². The van der Waals surface area contributed by atoms with Gasteiger partial charge in [-0.3, -0.25) is 9.59 Å². The molecule has 0 saturated carbocycles. The third kappa shape index (κ3) is 4.06. The number of rotatable bonds is 5. The second-order valence-corrected chi connectivity index (χ2v) is 4.88. The van der Waals surface area contributed by atoms with Crippen molar-refractivity contribution in [3.05, 3.63) is 78.4 Å². The predicted molar refractivity (Wildman–Crippen MR) is 87.6 cm³/mol. The molecule has 2 aromatic carbocycles. The van der Waals surface area contributed by atoms with Gasteiger partial charge in [0.2, 0.25) is 5.91 Å². The molecule has 0 aliphatic heterocycles. The average Bonchev–Trinajstić information content (AvgIpc) is 2.56. The average molecular weight is 294 g/mol. The zero-order valence-corrected chi connectivity index (χ0v) is 12.4. The van der Waals surface area contributed by atoms with Crippen LogP contribution >= 0.6 is 0 Å². The van der Waals surface area contributed by atoms with Gasteiger partial charge in [-0.1, -0.05) is 36.9 Å². The van der Waals surface area contributed by atoms with Gasteiger partial charge in [0, 0.05) is 11.3 Å². The largest absolute Gasteiger partial charge is 0.346 e. The second kappa shape index (κ2) is 7.22. The Labute approximate surface area is 129 Å². The molecule has 0 fully saturated rings. The molecule has 22 heavy (non-hydrogen) atoms. The molecular weight excluding hydrogens is 276 g/mol. The van der Waals surface area contributed by atoms with E-state index < -0.39 is 0 Å². The molecule has 0 spiro atoms. The monoisotopic (exact) mass is 294 g/mol. The van der Waals surface area contributed by atoms with E-state index in [1.807, 2.05) is 37.3 Å². The van der Waals surface area contributed by atoms with Gasteiger partial charge in [0.25, 0.3) is 5.91 Å². The van der Waals surface area contributed by atoms with Gasteiger partial charge in [0.1, 0.15) is 0 Å². The van der Waals surface area contributed by atoms with Gasteiger partial charge in [-0.2, -0.15) is 0 Å². The number of hydrogen-bond donors (Lipinski definition) is 2. The predicted octanol–water partition coefficient (Wildman–Crippen LogP) is 3.30. The first-order valence-electron chi connectivity index (χ1n) is 6.99. The molecule has 4 nitrogen and oxygen atoms in total. The lowest BCUT2D eigenvalue weighted by molar-refractivity contribution is -0.111. The first-order valence-corrected chi connectivity index (χ1v) is 6.99. The van der Waals surface area contributed by atoms with Crippen LogP contribution in [-0.4, -0.2) is 11.8 Å². The lowest BCUT2D eigenvalue weighted by Crippen LogP contribution is -2.26. The van der Waals surface area contributed by atoms with E-state index in [-0.39, 0.29) is 17.9 Å². The molecule has 0 unspecified atom stereocenters.